The van der Waals surface area contributed by atoms with Crippen LogP contribution < -0.4 is 5.73 Å². The summed E-state index contributed by atoms with van der Waals surface area (Å²) in [6.07, 6.45) is 3.55. The Kier molecular flexibility index (Phi) is 3.42. The third-order valence-corrected chi connectivity index (χ3v) is 2.80. The van der Waals surface area contributed by atoms with Gasteiger partial charge in [0.05, 0.1) is 12.3 Å². The highest BCUT2D eigenvalue weighted by Gasteiger charge is 2.09. The van der Waals surface area contributed by atoms with Crippen molar-refractivity contribution >= 4 is 0 Å². The molecule has 2 rings (SSSR count). The molecule has 0 aliphatic carbocycles. The lowest BCUT2D eigenvalue weighted by Gasteiger charge is -2.09. The van der Waals surface area contributed by atoms with Gasteiger partial charge in [-0.15, -0.1) is 0 Å². The number of aryl methyl sites for hydroxylation is 1. The highest BCUT2D eigenvalue weighted by molar-refractivity contribution is 5.24. The zero-order chi connectivity index (χ0) is 11.4. The number of furan rings is 1. The van der Waals surface area contributed by atoms with Crippen LogP contribution in [-0.2, 0) is 12.8 Å². The molecule has 0 saturated carbocycles. The van der Waals surface area contributed by atoms with Gasteiger partial charge in [0.2, 0.25) is 0 Å². The average molecular weight is 215 g/mol. The molecule has 1 heterocycles. The number of hydrogen-bond acceptors (Lipinski definition) is 2. The minimum Gasteiger partial charge on any atom is -0.468 e. The van der Waals surface area contributed by atoms with Gasteiger partial charge in [-0.3, -0.25) is 0 Å². The zero-order valence-electron chi connectivity index (χ0n) is 9.52. The molecule has 0 bridgehead atoms. The fourth-order valence-corrected chi connectivity index (χ4v) is 1.77. The average Bonchev–Trinajstić information content (AvgIpc) is 2.83. The van der Waals surface area contributed by atoms with Crippen molar-refractivity contribution in [3.05, 3.63) is 59.5 Å². The maximum Gasteiger partial charge on any atom is 0.120 e. The molecule has 1 unspecified atom stereocenters. The molecule has 84 valence electrons. The van der Waals surface area contributed by atoms with Crippen molar-refractivity contribution in [3.8, 4) is 0 Å². The molecule has 0 aliphatic heterocycles. The van der Waals surface area contributed by atoms with Crippen LogP contribution in [0.5, 0.6) is 0 Å². The minimum absolute atomic E-state index is 0.0533. The molecular formula is C14H17NO. The first-order chi connectivity index (χ1) is 7.79. The van der Waals surface area contributed by atoms with E-state index in [1.165, 1.54) is 11.1 Å². The summed E-state index contributed by atoms with van der Waals surface area (Å²) in [5.41, 5.74) is 8.66. The number of nitrogens with two attached hydrogens (primary N) is 1. The van der Waals surface area contributed by atoms with E-state index < -0.39 is 0 Å². The number of hydrogen-bond donors (Lipinski definition) is 1. The molecule has 2 nitrogen and oxygen atoms in total. The van der Waals surface area contributed by atoms with Crippen LogP contribution in [0.3, 0.4) is 0 Å². The predicted molar refractivity (Wildman–Crippen MR) is 65.2 cm³/mol. The lowest BCUT2D eigenvalue weighted by molar-refractivity contribution is 0.464. The van der Waals surface area contributed by atoms with Crippen LogP contribution in [-0.4, -0.2) is 0 Å². The van der Waals surface area contributed by atoms with Gasteiger partial charge in [-0.2, -0.15) is 0 Å². The van der Waals surface area contributed by atoms with Gasteiger partial charge in [-0.05, 0) is 36.1 Å². The summed E-state index contributed by atoms with van der Waals surface area (Å²) < 4.78 is 5.29. The van der Waals surface area contributed by atoms with Crippen molar-refractivity contribution in [2.75, 3.05) is 0 Å². The summed E-state index contributed by atoms with van der Waals surface area (Å²) in [4.78, 5) is 0. The van der Waals surface area contributed by atoms with E-state index in [-0.39, 0.29) is 6.04 Å². The van der Waals surface area contributed by atoms with Gasteiger partial charge >= 0.3 is 0 Å². The molecule has 2 N–H and O–H groups in total. The van der Waals surface area contributed by atoms with Crippen molar-refractivity contribution in [1.82, 2.24) is 0 Å². The highest BCUT2D eigenvalue weighted by Crippen LogP contribution is 2.16. The quantitative estimate of drug-likeness (QED) is 0.851. The van der Waals surface area contributed by atoms with Crippen LogP contribution >= 0.6 is 0 Å². The van der Waals surface area contributed by atoms with Crippen molar-refractivity contribution in [2.45, 2.75) is 25.8 Å². The minimum atomic E-state index is -0.0533. The maximum absolute atomic E-state index is 6.05. The molecular weight excluding hydrogens is 198 g/mol. The van der Waals surface area contributed by atoms with Crippen LogP contribution in [0.4, 0.5) is 0 Å². The molecule has 0 spiro atoms. The summed E-state index contributed by atoms with van der Waals surface area (Å²) in [5, 5.41) is 0. The standard InChI is InChI=1S/C14H17NO/c1-2-11-5-7-12(8-6-11)10-13(15)14-4-3-9-16-14/h3-9,13H,2,10,15H2,1H3. The maximum atomic E-state index is 6.05. The van der Waals surface area contributed by atoms with Crippen LogP contribution in [0.1, 0.15) is 29.9 Å². The van der Waals surface area contributed by atoms with E-state index >= 15 is 0 Å². The Bertz CT molecular complexity index is 417. The molecule has 0 fully saturated rings. The Morgan fingerprint density at radius 3 is 2.38 bits per heavy atom. The van der Waals surface area contributed by atoms with E-state index in [4.69, 9.17) is 10.2 Å². The Morgan fingerprint density at radius 2 is 1.81 bits per heavy atom. The molecule has 1 aromatic carbocycles. The van der Waals surface area contributed by atoms with Gasteiger partial charge in [-0.25, -0.2) is 0 Å². The summed E-state index contributed by atoms with van der Waals surface area (Å²) in [6, 6.07) is 12.3. The van der Waals surface area contributed by atoms with E-state index in [2.05, 4.69) is 31.2 Å². The largest absolute Gasteiger partial charge is 0.468 e. The van der Waals surface area contributed by atoms with Crippen LogP contribution in [0.15, 0.2) is 47.1 Å². The topological polar surface area (TPSA) is 39.2 Å². The fourth-order valence-electron chi connectivity index (χ4n) is 1.77. The summed E-state index contributed by atoms with van der Waals surface area (Å²) in [7, 11) is 0. The van der Waals surface area contributed by atoms with E-state index in [1.54, 1.807) is 6.26 Å². The summed E-state index contributed by atoms with van der Waals surface area (Å²) >= 11 is 0. The lowest BCUT2D eigenvalue weighted by atomic mass is 10.0. The van der Waals surface area contributed by atoms with Crippen molar-refractivity contribution in [3.63, 3.8) is 0 Å². The monoisotopic (exact) mass is 215 g/mol. The SMILES string of the molecule is CCc1ccc(CC(N)c2ccco2)cc1. The predicted octanol–water partition coefficient (Wildman–Crippen LogP) is 3.08. The van der Waals surface area contributed by atoms with Gasteiger partial charge in [0.15, 0.2) is 0 Å². The first-order valence-electron chi connectivity index (χ1n) is 5.66. The normalized spacial score (nSPS) is 12.6. The zero-order valence-corrected chi connectivity index (χ0v) is 9.52. The molecule has 2 heteroatoms. The Labute approximate surface area is 96.1 Å². The molecule has 0 radical (unpaired) electrons. The second-order valence-corrected chi connectivity index (χ2v) is 4.00. The van der Waals surface area contributed by atoms with Crippen LogP contribution in [0.25, 0.3) is 0 Å². The van der Waals surface area contributed by atoms with Crippen LogP contribution in [0, 0.1) is 0 Å². The van der Waals surface area contributed by atoms with Gasteiger partial charge < -0.3 is 10.2 Å². The second kappa shape index (κ2) is 4.99. The van der Waals surface area contributed by atoms with Crippen LogP contribution in [0.2, 0.25) is 0 Å². The van der Waals surface area contributed by atoms with Crippen molar-refractivity contribution < 1.29 is 4.42 Å². The molecule has 1 atom stereocenters. The third kappa shape index (κ3) is 2.52. The molecule has 16 heavy (non-hydrogen) atoms. The van der Waals surface area contributed by atoms with E-state index in [9.17, 15) is 0 Å². The van der Waals surface area contributed by atoms with Crippen molar-refractivity contribution in [2.24, 2.45) is 5.73 Å². The molecule has 1 aromatic heterocycles. The first kappa shape index (κ1) is 11.0. The van der Waals surface area contributed by atoms with Gasteiger partial charge in [0.25, 0.3) is 0 Å². The van der Waals surface area contributed by atoms with Gasteiger partial charge in [-0.1, -0.05) is 31.2 Å². The van der Waals surface area contributed by atoms with Gasteiger partial charge in [0, 0.05) is 0 Å². The van der Waals surface area contributed by atoms with Gasteiger partial charge in [0.1, 0.15) is 5.76 Å². The fraction of sp³-hybridized carbons (Fsp3) is 0.286. The molecule has 0 saturated heterocycles. The van der Waals surface area contributed by atoms with E-state index in [0.29, 0.717) is 0 Å². The lowest BCUT2D eigenvalue weighted by Crippen LogP contribution is -2.12. The first-order valence-corrected chi connectivity index (χ1v) is 5.66. The second-order valence-electron chi connectivity index (χ2n) is 4.00. The third-order valence-electron chi connectivity index (χ3n) is 2.80. The molecule has 2 aromatic rings. The Morgan fingerprint density at radius 1 is 1.12 bits per heavy atom. The summed E-state index contributed by atoms with van der Waals surface area (Å²) in [5.74, 6) is 0.847. The Hall–Kier alpha value is -1.54. The summed E-state index contributed by atoms with van der Waals surface area (Å²) in [6.45, 7) is 2.16. The Balaban J connectivity index is 2.03. The van der Waals surface area contributed by atoms with Crippen molar-refractivity contribution in [1.29, 1.82) is 0 Å². The molecule has 0 aliphatic rings. The highest BCUT2D eigenvalue weighted by atomic mass is 16.3. The van der Waals surface area contributed by atoms with E-state index in [1.807, 2.05) is 12.1 Å². The number of benzene rings is 1. The number of rotatable bonds is 4. The smallest absolute Gasteiger partial charge is 0.120 e. The molecule has 0 amide bonds. The van der Waals surface area contributed by atoms with E-state index in [0.717, 1.165) is 18.6 Å².